The van der Waals surface area contributed by atoms with Crippen LogP contribution in [0.2, 0.25) is 0 Å². The van der Waals surface area contributed by atoms with Crippen molar-refractivity contribution in [3.05, 3.63) is 60.4 Å². The maximum Gasteiger partial charge on any atom is 0.277 e. The average Bonchev–Trinajstić information content (AvgIpc) is 3.27. The molecule has 2 aromatic carbocycles. The highest BCUT2D eigenvalue weighted by molar-refractivity contribution is 6.03. The number of hydrogen-bond acceptors (Lipinski definition) is 7. The maximum absolute atomic E-state index is 12.4. The Balaban J connectivity index is 1.42. The minimum absolute atomic E-state index is 0.115. The third-order valence-corrected chi connectivity index (χ3v) is 4.22. The number of methoxy groups -OCH3 is 2. The standard InChI is InChI=1S/C21H23N5O5/c1-29-15-7-9-16(10-8-15)31-14-20(27)22-11-12-26-13-18(24-25-26)21(28)23-17-5-3-4-6-19(17)30-2/h3-10,13H,11-12,14H2,1-2H3,(H,22,27)(H,23,28). The van der Waals surface area contributed by atoms with Gasteiger partial charge in [-0.2, -0.15) is 0 Å². The van der Waals surface area contributed by atoms with Gasteiger partial charge in [-0.25, -0.2) is 4.68 Å². The monoisotopic (exact) mass is 425 g/mol. The lowest BCUT2D eigenvalue weighted by atomic mass is 10.3. The molecule has 0 unspecified atom stereocenters. The Labute approximate surface area is 179 Å². The zero-order chi connectivity index (χ0) is 22.1. The molecule has 3 aromatic rings. The van der Waals surface area contributed by atoms with Gasteiger partial charge in [-0.1, -0.05) is 17.3 Å². The van der Waals surface area contributed by atoms with Crippen LogP contribution in [0.15, 0.2) is 54.7 Å². The van der Waals surface area contributed by atoms with E-state index in [2.05, 4.69) is 20.9 Å². The summed E-state index contributed by atoms with van der Waals surface area (Å²) in [5.74, 6) is 1.14. The third kappa shape index (κ3) is 6.20. The van der Waals surface area contributed by atoms with Crippen molar-refractivity contribution in [2.75, 3.05) is 32.7 Å². The molecule has 2 amide bonds. The predicted octanol–water partition coefficient (Wildman–Crippen LogP) is 1.74. The van der Waals surface area contributed by atoms with Crippen molar-refractivity contribution < 1.29 is 23.8 Å². The zero-order valence-electron chi connectivity index (χ0n) is 17.2. The van der Waals surface area contributed by atoms with Crippen LogP contribution in [0.25, 0.3) is 0 Å². The lowest BCUT2D eigenvalue weighted by Crippen LogP contribution is -2.31. The van der Waals surface area contributed by atoms with Crippen molar-refractivity contribution in [1.82, 2.24) is 20.3 Å². The zero-order valence-corrected chi connectivity index (χ0v) is 17.2. The number of hydrogen-bond donors (Lipinski definition) is 2. The highest BCUT2D eigenvalue weighted by Crippen LogP contribution is 2.23. The summed E-state index contributed by atoms with van der Waals surface area (Å²) in [5.41, 5.74) is 0.689. The first-order chi connectivity index (χ1) is 15.1. The normalized spacial score (nSPS) is 10.3. The first-order valence-corrected chi connectivity index (χ1v) is 9.47. The first kappa shape index (κ1) is 21.6. The van der Waals surface area contributed by atoms with Gasteiger partial charge in [-0.3, -0.25) is 9.59 Å². The van der Waals surface area contributed by atoms with E-state index in [1.54, 1.807) is 55.6 Å². The summed E-state index contributed by atoms with van der Waals surface area (Å²) in [5, 5.41) is 13.2. The average molecular weight is 425 g/mol. The molecule has 0 fully saturated rings. The highest BCUT2D eigenvalue weighted by atomic mass is 16.5. The van der Waals surface area contributed by atoms with E-state index in [-0.39, 0.29) is 18.2 Å². The Morgan fingerprint density at radius 1 is 1.00 bits per heavy atom. The number of carbonyl (C=O) groups is 2. The minimum Gasteiger partial charge on any atom is -0.497 e. The van der Waals surface area contributed by atoms with Crippen LogP contribution < -0.4 is 24.8 Å². The van der Waals surface area contributed by atoms with E-state index in [0.717, 1.165) is 0 Å². The van der Waals surface area contributed by atoms with Crippen LogP contribution in [0.5, 0.6) is 17.2 Å². The second-order valence-electron chi connectivity index (χ2n) is 6.34. The van der Waals surface area contributed by atoms with Crippen molar-refractivity contribution in [2.24, 2.45) is 0 Å². The lowest BCUT2D eigenvalue weighted by Gasteiger charge is -2.08. The third-order valence-electron chi connectivity index (χ3n) is 4.22. The first-order valence-electron chi connectivity index (χ1n) is 9.47. The van der Waals surface area contributed by atoms with Gasteiger partial charge < -0.3 is 24.8 Å². The Morgan fingerprint density at radius 2 is 1.74 bits per heavy atom. The van der Waals surface area contributed by atoms with Crippen LogP contribution >= 0.6 is 0 Å². The van der Waals surface area contributed by atoms with Gasteiger partial charge in [0.15, 0.2) is 12.3 Å². The Morgan fingerprint density at radius 3 is 2.48 bits per heavy atom. The smallest absolute Gasteiger partial charge is 0.277 e. The quantitative estimate of drug-likeness (QED) is 0.508. The largest absolute Gasteiger partial charge is 0.497 e. The molecule has 10 nitrogen and oxygen atoms in total. The molecule has 0 saturated carbocycles. The minimum atomic E-state index is -0.410. The van der Waals surface area contributed by atoms with Gasteiger partial charge in [0.1, 0.15) is 17.2 Å². The molecule has 10 heteroatoms. The van der Waals surface area contributed by atoms with Crippen LogP contribution in [0.1, 0.15) is 10.5 Å². The fourth-order valence-electron chi connectivity index (χ4n) is 2.63. The molecule has 0 aliphatic carbocycles. The van der Waals surface area contributed by atoms with Crippen molar-refractivity contribution in [3.63, 3.8) is 0 Å². The van der Waals surface area contributed by atoms with Gasteiger partial charge in [-0.15, -0.1) is 5.10 Å². The van der Waals surface area contributed by atoms with Gasteiger partial charge >= 0.3 is 0 Å². The van der Waals surface area contributed by atoms with Crippen LogP contribution in [-0.2, 0) is 11.3 Å². The van der Waals surface area contributed by atoms with Crippen molar-refractivity contribution >= 4 is 17.5 Å². The summed E-state index contributed by atoms with van der Waals surface area (Å²) in [6.45, 7) is 0.543. The second-order valence-corrected chi connectivity index (χ2v) is 6.34. The fraction of sp³-hybridized carbons (Fsp3) is 0.238. The molecule has 0 saturated heterocycles. The molecule has 162 valence electrons. The molecular formula is C21H23N5O5. The summed E-state index contributed by atoms with van der Waals surface area (Å²) in [7, 11) is 3.10. The van der Waals surface area contributed by atoms with Gasteiger partial charge in [0.05, 0.1) is 32.6 Å². The maximum atomic E-state index is 12.4. The molecule has 31 heavy (non-hydrogen) atoms. The SMILES string of the molecule is COc1ccc(OCC(=O)NCCn2cc(C(=O)Nc3ccccc3OC)nn2)cc1. The second kappa shape index (κ2) is 10.6. The van der Waals surface area contributed by atoms with E-state index in [1.165, 1.54) is 18.0 Å². The van der Waals surface area contributed by atoms with E-state index >= 15 is 0 Å². The molecular weight excluding hydrogens is 402 g/mol. The number of para-hydroxylation sites is 2. The summed E-state index contributed by atoms with van der Waals surface area (Å²) < 4.78 is 17.2. The lowest BCUT2D eigenvalue weighted by molar-refractivity contribution is -0.123. The molecule has 0 spiro atoms. The van der Waals surface area contributed by atoms with Crippen LogP contribution in [0, 0.1) is 0 Å². The molecule has 0 bridgehead atoms. The van der Waals surface area contributed by atoms with Crippen LogP contribution in [-0.4, -0.2) is 54.2 Å². The van der Waals surface area contributed by atoms with E-state index < -0.39 is 5.91 Å². The summed E-state index contributed by atoms with van der Waals surface area (Å²) in [6, 6.07) is 14.0. The van der Waals surface area contributed by atoms with Gasteiger partial charge in [0.25, 0.3) is 11.8 Å². The summed E-state index contributed by atoms with van der Waals surface area (Å²) in [4.78, 5) is 24.3. The molecule has 0 atom stereocenters. The molecule has 0 radical (unpaired) electrons. The molecule has 1 aromatic heterocycles. The van der Waals surface area contributed by atoms with Crippen LogP contribution in [0.3, 0.4) is 0 Å². The molecule has 3 rings (SSSR count). The number of amides is 2. The number of nitrogens with zero attached hydrogens (tertiary/aromatic N) is 3. The van der Waals surface area contributed by atoms with Crippen LogP contribution in [0.4, 0.5) is 5.69 Å². The van der Waals surface area contributed by atoms with E-state index in [4.69, 9.17) is 14.2 Å². The molecule has 0 aliphatic heterocycles. The van der Waals surface area contributed by atoms with E-state index in [9.17, 15) is 9.59 Å². The van der Waals surface area contributed by atoms with Crippen molar-refractivity contribution in [3.8, 4) is 17.2 Å². The number of anilines is 1. The van der Waals surface area contributed by atoms with Gasteiger partial charge in [-0.05, 0) is 36.4 Å². The topological polar surface area (TPSA) is 117 Å². The van der Waals surface area contributed by atoms with Gasteiger partial charge in [0, 0.05) is 6.54 Å². The number of carbonyl (C=O) groups excluding carboxylic acids is 2. The highest BCUT2D eigenvalue weighted by Gasteiger charge is 2.13. The number of ether oxygens (including phenoxy) is 3. The number of aromatic nitrogens is 3. The van der Waals surface area contributed by atoms with Crippen molar-refractivity contribution in [2.45, 2.75) is 6.54 Å². The summed E-state index contributed by atoms with van der Waals surface area (Å²) in [6.07, 6.45) is 1.50. The predicted molar refractivity (Wildman–Crippen MR) is 112 cm³/mol. The van der Waals surface area contributed by atoms with Gasteiger partial charge in [0.2, 0.25) is 0 Å². The fourth-order valence-corrected chi connectivity index (χ4v) is 2.63. The van der Waals surface area contributed by atoms with E-state index in [1.807, 2.05) is 0 Å². The number of rotatable bonds is 10. The summed E-state index contributed by atoms with van der Waals surface area (Å²) >= 11 is 0. The Kier molecular flexibility index (Phi) is 7.41. The Hall–Kier alpha value is -4.08. The van der Waals surface area contributed by atoms with Crippen molar-refractivity contribution in [1.29, 1.82) is 0 Å². The molecule has 0 aliphatic rings. The van der Waals surface area contributed by atoms with E-state index in [0.29, 0.717) is 36.0 Å². The number of benzene rings is 2. The number of nitrogens with one attached hydrogen (secondary N) is 2. The molecule has 2 N–H and O–H groups in total. The molecule has 1 heterocycles. The Bertz CT molecular complexity index is 1020.